The van der Waals surface area contributed by atoms with Crippen LogP contribution in [-0.4, -0.2) is 26.1 Å². The molecule has 102 valence electrons. The van der Waals surface area contributed by atoms with Crippen LogP contribution in [-0.2, 0) is 19.6 Å². The molecule has 1 heterocycles. The van der Waals surface area contributed by atoms with E-state index >= 15 is 0 Å². The SMILES string of the molecule is CC(OC=O)c1c[nH]c2cccc(NS(C)(=O)=O)c12. The Morgan fingerprint density at radius 1 is 1.42 bits per heavy atom. The number of hydrogen-bond donors (Lipinski definition) is 2. The first-order chi connectivity index (χ1) is 8.92. The van der Waals surface area contributed by atoms with Crippen LogP contribution >= 0.6 is 0 Å². The smallest absolute Gasteiger partial charge is 0.293 e. The second-order valence-corrected chi connectivity index (χ2v) is 5.97. The Labute approximate surface area is 110 Å². The monoisotopic (exact) mass is 282 g/mol. The number of aromatic amines is 1. The molecule has 0 spiro atoms. The van der Waals surface area contributed by atoms with E-state index in [0.717, 1.165) is 11.8 Å². The van der Waals surface area contributed by atoms with Gasteiger partial charge < -0.3 is 9.72 Å². The van der Waals surface area contributed by atoms with Crippen molar-refractivity contribution in [2.24, 2.45) is 0 Å². The van der Waals surface area contributed by atoms with Crippen molar-refractivity contribution in [1.29, 1.82) is 0 Å². The molecule has 1 unspecified atom stereocenters. The van der Waals surface area contributed by atoms with E-state index in [1.54, 1.807) is 25.3 Å². The Hall–Kier alpha value is -2.02. The topological polar surface area (TPSA) is 88.3 Å². The van der Waals surface area contributed by atoms with Gasteiger partial charge in [0.2, 0.25) is 10.0 Å². The second kappa shape index (κ2) is 4.93. The summed E-state index contributed by atoms with van der Waals surface area (Å²) in [6, 6.07) is 5.22. The molecule has 2 aromatic rings. The molecular weight excluding hydrogens is 268 g/mol. The Morgan fingerprint density at radius 3 is 2.79 bits per heavy atom. The van der Waals surface area contributed by atoms with Crippen LogP contribution in [0.15, 0.2) is 24.4 Å². The first-order valence-corrected chi connectivity index (χ1v) is 7.48. The maximum absolute atomic E-state index is 11.4. The average Bonchev–Trinajstić information content (AvgIpc) is 2.72. The highest BCUT2D eigenvalue weighted by Crippen LogP contribution is 2.32. The highest BCUT2D eigenvalue weighted by atomic mass is 32.2. The molecule has 0 radical (unpaired) electrons. The van der Waals surface area contributed by atoms with Gasteiger partial charge in [0.15, 0.2) is 0 Å². The van der Waals surface area contributed by atoms with Gasteiger partial charge in [-0.3, -0.25) is 9.52 Å². The van der Waals surface area contributed by atoms with Gasteiger partial charge in [0, 0.05) is 22.7 Å². The second-order valence-electron chi connectivity index (χ2n) is 4.22. The summed E-state index contributed by atoms with van der Waals surface area (Å²) < 4.78 is 30.1. The molecule has 6 nitrogen and oxygen atoms in total. The van der Waals surface area contributed by atoms with Gasteiger partial charge in [0.05, 0.1) is 11.9 Å². The van der Waals surface area contributed by atoms with Crippen molar-refractivity contribution in [2.45, 2.75) is 13.0 Å². The van der Waals surface area contributed by atoms with Crippen LogP contribution in [0, 0.1) is 0 Å². The molecule has 0 saturated carbocycles. The summed E-state index contributed by atoms with van der Waals surface area (Å²) in [5, 5.41) is 0.697. The molecule has 0 saturated heterocycles. The number of anilines is 1. The van der Waals surface area contributed by atoms with E-state index in [1.165, 1.54) is 0 Å². The molecule has 0 aliphatic heterocycles. The Kier molecular flexibility index (Phi) is 3.48. The number of carbonyl (C=O) groups excluding carboxylic acids is 1. The lowest BCUT2D eigenvalue weighted by Crippen LogP contribution is -2.10. The van der Waals surface area contributed by atoms with Gasteiger partial charge >= 0.3 is 0 Å². The molecule has 0 aliphatic carbocycles. The lowest BCUT2D eigenvalue weighted by molar-refractivity contribution is -0.133. The van der Waals surface area contributed by atoms with Crippen LogP contribution in [0.5, 0.6) is 0 Å². The van der Waals surface area contributed by atoms with Crippen molar-refractivity contribution in [3.63, 3.8) is 0 Å². The van der Waals surface area contributed by atoms with Gasteiger partial charge in [-0.05, 0) is 19.1 Å². The van der Waals surface area contributed by atoms with E-state index in [2.05, 4.69) is 9.71 Å². The lowest BCUT2D eigenvalue weighted by atomic mass is 10.1. The minimum absolute atomic E-state index is 0.371. The standard InChI is InChI=1S/C12H14N2O4S/c1-8(18-7-15)9-6-13-10-4-3-5-11(12(9)10)14-19(2,16)17/h3-8,13-14H,1-2H3. The first kappa shape index (κ1) is 13.4. The maximum Gasteiger partial charge on any atom is 0.293 e. The zero-order valence-corrected chi connectivity index (χ0v) is 11.3. The summed E-state index contributed by atoms with van der Waals surface area (Å²) >= 11 is 0. The molecule has 0 amide bonds. The number of ether oxygens (including phenoxy) is 1. The normalized spacial score (nSPS) is 13.2. The number of hydrogen-bond acceptors (Lipinski definition) is 4. The zero-order chi connectivity index (χ0) is 14.0. The number of benzene rings is 1. The van der Waals surface area contributed by atoms with Crippen molar-refractivity contribution in [3.05, 3.63) is 30.0 Å². The maximum atomic E-state index is 11.4. The fraction of sp³-hybridized carbons (Fsp3) is 0.250. The van der Waals surface area contributed by atoms with E-state index in [0.29, 0.717) is 23.1 Å². The average molecular weight is 282 g/mol. The number of nitrogens with one attached hydrogen (secondary N) is 2. The Balaban J connectivity index is 2.58. The van der Waals surface area contributed by atoms with Crippen molar-refractivity contribution >= 4 is 33.1 Å². The molecular formula is C12H14N2O4S. The molecule has 1 atom stereocenters. The number of sulfonamides is 1. The van der Waals surface area contributed by atoms with E-state index in [-0.39, 0.29) is 0 Å². The van der Waals surface area contributed by atoms with Crippen LogP contribution in [0.3, 0.4) is 0 Å². The van der Waals surface area contributed by atoms with Crippen LogP contribution < -0.4 is 4.72 Å². The molecule has 1 aromatic heterocycles. The lowest BCUT2D eigenvalue weighted by Gasteiger charge is -2.11. The fourth-order valence-corrected chi connectivity index (χ4v) is 2.54. The van der Waals surface area contributed by atoms with Gasteiger partial charge in [-0.2, -0.15) is 0 Å². The van der Waals surface area contributed by atoms with Gasteiger partial charge in [-0.15, -0.1) is 0 Å². The fourth-order valence-electron chi connectivity index (χ4n) is 1.97. The van der Waals surface area contributed by atoms with Crippen molar-refractivity contribution < 1.29 is 17.9 Å². The molecule has 0 bridgehead atoms. The van der Waals surface area contributed by atoms with Crippen LogP contribution in [0.2, 0.25) is 0 Å². The third-order valence-electron chi connectivity index (χ3n) is 2.73. The summed E-state index contributed by atoms with van der Waals surface area (Å²) in [6.45, 7) is 2.09. The third-order valence-corrected chi connectivity index (χ3v) is 3.32. The number of H-pyrrole nitrogens is 1. The van der Waals surface area contributed by atoms with Crippen LogP contribution in [0.1, 0.15) is 18.6 Å². The van der Waals surface area contributed by atoms with Crippen LogP contribution in [0.4, 0.5) is 5.69 Å². The van der Waals surface area contributed by atoms with Gasteiger partial charge in [-0.25, -0.2) is 8.42 Å². The van der Waals surface area contributed by atoms with E-state index in [4.69, 9.17) is 4.74 Å². The molecule has 0 aliphatic rings. The minimum atomic E-state index is -3.38. The predicted octanol–water partition coefficient (Wildman–Crippen LogP) is 1.77. The van der Waals surface area contributed by atoms with Gasteiger partial charge in [0.25, 0.3) is 6.47 Å². The summed E-state index contributed by atoms with van der Waals surface area (Å²) in [7, 11) is -3.38. The number of fused-ring (bicyclic) bond motifs is 1. The minimum Gasteiger partial charge on any atom is -0.460 e. The Morgan fingerprint density at radius 2 is 2.16 bits per heavy atom. The van der Waals surface area contributed by atoms with E-state index in [9.17, 15) is 13.2 Å². The highest BCUT2D eigenvalue weighted by Gasteiger charge is 2.16. The summed E-state index contributed by atoms with van der Waals surface area (Å²) in [6.07, 6.45) is 2.32. The van der Waals surface area contributed by atoms with Gasteiger partial charge in [0.1, 0.15) is 6.10 Å². The molecule has 1 aromatic carbocycles. The van der Waals surface area contributed by atoms with Crippen molar-refractivity contribution in [1.82, 2.24) is 4.98 Å². The molecule has 7 heteroatoms. The number of aromatic nitrogens is 1. The number of carbonyl (C=O) groups is 1. The molecule has 2 rings (SSSR count). The molecule has 19 heavy (non-hydrogen) atoms. The number of rotatable bonds is 5. The summed E-state index contributed by atoms with van der Waals surface area (Å²) in [4.78, 5) is 13.4. The summed E-state index contributed by atoms with van der Waals surface area (Å²) in [5.41, 5.74) is 1.94. The Bertz CT molecular complexity index is 706. The zero-order valence-electron chi connectivity index (χ0n) is 10.5. The predicted molar refractivity (Wildman–Crippen MR) is 72.3 cm³/mol. The van der Waals surface area contributed by atoms with E-state index < -0.39 is 16.1 Å². The molecule has 2 N–H and O–H groups in total. The van der Waals surface area contributed by atoms with Gasteiger partial charge in [-0.1, -0.05) is 6.07 Å². The van der Waals surface area contributed by atoms with Crippen molar-refractivity contribution in [2.75, 3.05) is 11.0 Å². The third kappa shape index (κ3) is 2.87. The molecule has 0 fully saturated rings. The largest absolute Gasteiger partial charge is 0.460 e. The first-order valence-electron chi connectivity index (χ1n) is 5.59. The van der Waals surface area contributed by atoms with Crippen LogP contribution in [0.25, 0.3) is 10.9 Å². The van der Waals surface area contributed by atoms with Crippen molar-refractivity contribution in [3.8, 4) is 0 Å². The summed E-state index contributed by atoms with van der Waals surface area (Å²) in [5.74, 6) is 0. The van der Waals surface area contributed by atoms with E-state index in [1.807, 2.05) is 6.07 Å². The quantitative estimate of drug-likeness (QED) is 0.818. The highest BCUT2D eigenvalue weighted by molar-refractivity contribution is 7.92.